The normalized spacial score (nSPS) is 40.4. The molecular formula is C14H24N2. The predicted octanol–water partition coefficient (Wildman–Crippen LogP) is 3.92. The van der Waals surface area contributed by atoms with Gasteiger partial charge in [0.05, 0.1) is 0 Å². The van der Waals surface area contributed by atoms with Gasteiger partial charge >= 0.3 is 0 Å². The van der Waals surface area contributed by atoms with Crippen LogP contribution in [0.1, 0.15) is 52.4 Å². The highest BCUT2D eigenvalue weighted by molar-refractivity contribution is 5.65. The fraction of sp³-hybridized carbons (Fsp3) is 0.857. The number of hydrogen-bond donors (Lipinski definition) is 0. The van der Waals surface area contributed by atoms with E-state index in [-0.39, 0.29) is 0 Å². The lowest BCUT2D eigenvalue weighted by Crippen LogP contribution is -2.06. The van der Waals surface area contributed by atoms with Crippen LogP contribution in [0.4, 0.5) is 0 Å². The zero-order valence-corrected chi connectivity index (χ0v) is 10.6. The molecule has 2 heteroatoms. The molecule has 0 aromatic heterocycles. The van der Waals surface area contributed by atoms with Crippen molar-refractivity contribution in [3.05, 3.63) is 0 Å². The molecule has 0 radical (unpaired) electrons. The summed E-state index contributed by atoms with van der Waals surface area (Å²) in [5, 5.41) is 8.49. The molecule has 16 heavy (non-hydrogen) atoms. The van der Waals surface area contributed by atoms with E-state index < -0.39 is 0 Å². The molecule has 0 aromatic rings. The number of nitrogens with zero attached hydrogens (tertiary/aromatic N) is 2. The zero-order chi connectivity index (χ0) is 11.4. The summed E-state index contributed by atoms with van der Waals surface area (Å²) in [4.78, 5) is 0. The van der Waals surface area contributed by atoms with E-state index in [1.54, 1.807) is 0 Å². The maximum Gasteiger partial charge on any atom is 0.0303 e. The van der Waals surface area contributed by atoms with E-state index in [4.69, 9.17) is 0 Å². The van der Waals surface area contributed by atoms with Gasteiger partial charge in [0, 0.05) is 12.4 Å². The largest absolute Gasteiger partial charge is 0.164 e. The number of rotatable bonds is 3. The molecule has 2 saturated carbocycles. The van der Waals surface area contributed by atoms with Crippen molar-refractivity contribution in [1.82, 2.24) is 0 Å². The SMILES string of the molecule is CC1CCCC1/C=N\N=C/C1CCCC1C. The monoisotopic (exact) mass is 220 g/mol. The van der Waals surface area contributed by atoms with Crippen molar-refractivity contribution in [1.29, 1.82) is 0 Å². The van der Waals surface area contributed by atoms with Crippen molar-refractivity contribution >= 4 is 12.4 Å². The molecule has 0 aliphatic heterocycles. The van der Waals surface area contributed by atoms with Crippen molar-refractivity contribution in [2.75, 3.05) is 0 Å². The second-order valence-corrected chi connectivity index (χ2v) is 5.67. The van der Waals surface area contributed by atoms with E-state index in [0.717, 1.165) is 11.8 Å². The second kappa shape index (κ2) is 5.60. The summed E-state index contributed by atoms with van der Waals surface area (Å²) < 4.78 is 0. The first-order valence-corrected chi connectivity index (χ1v) is 6.84. The summed E-state index contributed by atoms with van der Waals surface area (Å²) in [6.07, 6.45) is 12.2. The Kier molecular flexibility index (Phi) is 4.14. The molecule has 2 rings (SSSR count). The van der Waals surface area contributed by atoms with Crippen LogP contribution < -0.4 is 0 Å². The summed E-state index contributed by atoms with van der Waals surface area (Å²) in [5.74, 6) is 2.98. The highest BCUT2D eigenvalue weighted by Gasteiger charge is 2.22. The summed E-state index contributed by atoms with van der Waals surface area (Å²) in [6, 6.07) is 0. The van der Waals surface area contributed by atoms with Crippen molar-refractivity contribution in [2.24, 2.45) is 33.9 Å². The van der Waals surface area contributed by atoms with Gasteiger partial charge in [-0.25, -0.2) is 0 Å². The van der Waals surface area contributed by atoms with Gasteiger partial charge in [-0.15, -0.1) is 0 Å². The van der Waals surface area contributed by atoms with Crippen LogP contribution in [0.5, 0.6) is 0 Å². The molecule has 2 fully saturated rings. The summed E-state index contributed by atoms with van der Waals surface area (Å²) in [6.45, 7) is 4.65. The second-order valence-electron chi connectivity index (χ2n) is 5.67. The zero-order valence-electron chi connectivity index (χ0n) is 10.6. The first kappa shape index (κ1) is 11.8. The molecule has 2 aliphatic rings. The number of hydrogen-bond acceptors (Lipinski definition) is 2. The van der Waals surface area contributed by atoms with Gasteiger partial charge in [-0.2, -0.15) is 10.2 Å². The molecule has 2 aliphatic carbocycles. The summed E-state index contributed by atoms with van der Waals surface area (Å²) in [5.41, 5.74) is 0. The van der Waals surface area contributed by atoms with Crippen LogP contribution in [0.25, 0.3) is 0 Å². The molecule has 2 nitrogen and oxygen atoms in total. The lowest BCUT2D eigenvalue weighted by atomic mass is 10.00. The van der Waals surface area contributed by atoms with E-state index in [9.17, 15) is 0 Å². The van der Waals surface area contributed by atoms with Gasteiger partial charge in [-0.05, 0) is 36.5 Å². The lowest BCUT2D eigenvalue weighted by molar-refractivity contribution is 0.534. The fourth-order valence-electron chi connectivity index (χ4n) is 3.04. The van der Waals surface area contributed by atoms with Crippen LogP contribution in [-0.4, -0.2) is 12.4 Å². The lowest BCUT2D eigenvalue weighted by Gasteiger charge is -2.08. The van der Waals surface area contributed by atoms with Crippen LogP contribution >= 0.6 is 0 Å². The molecular weight excluding hydrogens is 196 g/mol. The smallest absolute Gasteiger partial charge is 0.0303 e. The van der Waals surface area contributed by atoms with Crippen molar-refractivity contribution < 1.29 is 0 Å². The third-order valence-electron chi connectivity index (χ3n) is 4.44. The third-order valence-corrected chi connectivity index (χ3v) is 4.44. The Bertz CT molecular complexity index is 242. The Morgan fingerprint density at radius 1 is 0.750 bits per heavy atom. The van der Waals surface area contributed by atoms with Crippen molar-refractivity contribution in [3.63, 3.8) is 0 Å². The van der Waals surface area contributed by atoms with E-state index in [1.165, 1.54) is 38.5 Å². The molecule has 0 spiro atoms. The van der Waals surface area contributed by atoms with Gasteiger partial charge in [0.2, 0.25) is 0 Å². The average Bonchev–Trinajstić information content (AvgIpc) is 2.84. The Labute approximate surface area is 99.2 Å². The quantitative estimate of drug-likeness (QED) is 0.509. The highest BCUT2D eigenvalue weighted by atomic mass is 15.2. The average molecular weight is 220 g/mol. The highest BCUT2D eigenvalue weighted by Crippen LogP contribution is 2.30. The van der Waals surface area contributed by atoms with Gasteiger partial charge in [0.1, 0.15) is 0 Å². The van der Waals surface area contributed by atoms with Crippen LogP contribution in [0, 0.1) is 23.7 Å². The Morgan fingerprint density at radius 2 is 1.19 bits per heavy atom. The molecule has 0 bridgehead atoms. The summed E-state index contributed by atoms with van der Waals surface area (Å²) in [7, 11) is 0. The van der Waals surface area contributed by atoms with E-state index in [0.29, 0.717) is 11.8 Å². The van der Waals surface area contributed by atoms with Gasteiger partial charge < -0.3 is 0 Å². The maximum absolute atomic E-state index is 4.25. The van der Waals surface area contributed by atoms with Crippen LogP contribution in [0.3, 0.4) is 0 Å². The maximum atomic E-state index is 4.25. The Hall–Kier alpha value is -0.660. The molecule has 0 heterocycles. The third kappa shape index (κ3) is 2.93. The van der Waals surface area contributed by atoms with Crippen LogP contribution in [-0.2, 0) is 0 Å². The van der Waals surface area contributed by atoms with Gasteiger partial charge in [0.25, 0.3) is 0 Å². The Balaban J connectivity index is 1.77. The molecule has 90 valence electrons. The standard InChI is InChI=1S/C14H24N2/c1-11-5-3-7-13(11)9-15-16-10-14-8-4-6-12(14)2/h9-14H,3-8H2,1-2H3/b15-9-,16-10-. The van der Waals surface area contributed by atoms with E-state index in [1.807, 2.05) is 0 Å². The molecule has 0 amide bonds. The topological polar surface area (TPSA) is 24.7 Å². The van der Waals surface area contributed by atoms with E-state index in [2.05, 4.69) is 36.5 Å². The first-order chi connectivity index (χ1) is 7.77. The minimum absolute atomic E-state index is 0.679. The van der Waals surface area contributed by atoms with Gasteiger partial charge in [-0.1, -0.05) is 39.5 Å². The molecule has 0 aromatic carbocycles. The van der Waals surface area contributed by atoms with Crippen LogP contribution in [0.2, 0.25) is 0 Å². The molecule has 4 unspecified atom stereocenters. The van der Waals surface area contributed by atoms with Crippen LogP contribution in [0.15, 0.2) is 10.2 Å². The van der Waals surface area contributed by atoms with Gasteiger partial charge in [0.15, 0.2) is 0 Å². The fourth-order valence-corrected chi connectivity index (χ4v) is 3.04. The first-order valence-electron chi connectivity index (χ1n) is 6.84. The van der Waals surface area contributed by atoms with Crippen molar-refractivity contribution in [2.45, 2.75) is 52.4 Å². The van der Waals surface area contributed by atoms with Crippen molar-refractivity contribution in [3.8, 4) is 0 Å². The molecule has 0 saturated heterocycles. The minimum atomic E-state index is 0.679. The molecule has 4 atom stereocenters. The molecule has 0 N–H and O–H groups in total. The van der Waals surface area contributed by atoms with E-state index >= 15 is 0 Å². The summed E-state index contributed by atoms with van der Waals surface area (Å²) >= 11 is 0. The minimum Gasteiger partial charge on any atom is -0.164 e. The predicted molar refractivity (Wildman–Crippen MR) is 70.0 cm³/mol. The Morgan fingerprint density at radius 3 is 1.50 bits per heavy atom. The van der Waals surface area contributed by atoms with Gasteiger partial charge in [-0.3, -0.25) is 0 Å².